The highest BCUT2D eigenvalue weighted by Crippen LogP contribution is 2.36. The molecule has 0 aromatic heterocycles. The molecule has 1 aromatic carbocycles. The molecule has 1 unspecified atom stereocenters. The van der Waals surface area contributed by atoms with Crippen LogP contribution in [-0.4, -0.2) is 29.4 Å². The Balaban J connectivity index is 0.00000225. The number of halogens is 4. The maximum atomic E-state index is 12.8. The minimum atomic E-state index is -4.30. The van der Waals surface area contributed by atoms with Crippen LogP contribution in [0.5, 0.6) is 0 Å². The van der Waals surface area contributed by atoms with Crippen LogP contribution in [0.3, 0.4) is 0 Å². The van der Waals surface area contributed by atoms with Crippen LogP contribution in [-0.2, 0) is 17.4 Å². The van der Waals surface area contributed by atoms with Crippen molar-refractivity contribution in [2.24, 2.45) is 11.7 Å². The Morgan fingerprint density at radius 3 is 2.68 bits per heavy atom. The molecule has 0 spiro atoms. The van der Waals surface area contributed by atoms with Gasteiger partial charge in [-0.1, -0.05) is 18.2 Å². The molecule has 3 nitrogen and oxygen atoms in total. The SMILES string of the molecule is Cl.NC1(C(=O)N2CCCC(CCc3cccc(C(F)(F)F)c3)C2)CC1. The molecule has 0 bridgehead atoms. The highest BCUT2D eigenvalue weighted by atomic mass is 35.5. The number of amides is 1. The van der Waals surface area contributed by atoms with Crippen LogP contribution in [0.15, 0.2) is 24.3 Å². The summed E-state index contributed by atoms with van der Waals surface area (Å²) in [5.74, 6) is 0.380. The number of likely N-dealkylation sites (tertiary alicyclic amines) is 1. The second-order valence-corrected chi connectivity index (χ2v) is 7.15. The first kappa shape index (κ1) is 20.0. The Labute approximate surface area is 152 Å². The van der Waals surface area contributed by atoms with E-state index >= 15 is 0 Å². The van der Waals surface area contributed by atoms with Gasteiger partial charge in [-0.2, -0.15) is 13.2 Å². The number of rotatable bonds is 4. The lowest BCUT2D eigenvalue weighted by atomic mass is 9.91. The predicted molar refractivity (Wildman–Crippen MR) is 92.5 cm³/mol. The summed E-state index contributed by atoms with van der Waals surface area (Å²) in [6.45, 7) is 1.43. The van der Waals surface area contributed by atoms with Gasteiger partial charge in [-0.05, 0) is 56.1 Å². The summed E-state index contributed by atoms with van der Waals surface area (Å²) in [5, 5.41) is 0. The van der Waals surface area contributed by atoms with Crippen molar-refractivity contribution in [2.75, 3.05) is 13.1 Å². The predicted octanol–water partition coefficient (Wildman–Crippen LogP) is 3.79. The number of carbonyl (C=O) groups excluding carboxylic acids is 1. The molecule has 2 aliphatic rings. The third kappa shape index (κ3) is 4.88. The quantitative estimate of drug-likeness (QED) is 0.869. The van der Waals surface area contributed by atoms with Gasteiger partial charge in [0.1, 0.15) is 0 Å². The fourth-order valence-corrected chi connectivity index (χ4v) is 3.42. The molecule has 140 valence electrons. The summed E-state index contributed by atoms with van der Waals surface area (Å²) in [7, 11) is 0. The summed E-state index contributed by atoms with van der Waals surface area (Å²) in [5.41, 5.74) is 5.46. The van der Waals surface area contributed by atoms with E-state index in [1.807, 2.05) is 4.90 Å². The lowest BCUT2D eigenvalue weighted by molar-refractivity contribution is -0.137. The van der Waals surface area contributed by atoms with E-state index in [1.165, 1.54) is 12.1 Å². The topological polar surface area (TPSA) is 46.3 Å². The number of piperidine rings is 1. The zero-order valence-electron chi connectivity index (χ0n) is 14.0. The molecule has 1 saturated carbocycles. The van der Waals surface area contributed by atoms with Crippen LogP contribution in [0.4, 0.5) is 13.2 Å². The number of nitrogens with two attached hydrogens (primary N) is 1. The first-order valence-corrected chi connectivity index (χ1v) is 8.52. The monoisotopic (exact) mass is 376 g/mol. The Morgan fingerprint density at radius 1 is 1.32 bits per heavy atom. The van der Waals surface area contributed by atoms with E-state index in [0.29, 0.717) is 24.4 Å². The van der Waals surface area contributed by atoms with Gasteiger partial charge in [0.15, 0.2) is 0 Å². The summed E-state index contributed by atoms with van der Waals surface area (Å²) in [4.78, 5) is 14.2. The molecule has 0 radical (unpaired) electrons. The largest absolute Gasteiger partial charge is 0.416 e. The fourth-order valence-electron chi connectivity index (χ4n) is 3.42. The van der Waals surface area contributed by atoms with Gasteiger partial charge in [-0.15, -0.1) is 12.4 Å². The number of benzene rings is 1. The van der Waals surface area contributed by atoms with Gasteiger partial charge in [0, 0.05) is 13.1 Å². The highest BCUT2D eigenvalue weighted by molar-refractivity contribution is 5.89. The van der Waals surface area contributed by atoms with Crippen molar-refractivity contribution in [2.45, 2.75) is 50.2 Å². The van der Waals surface area contributed by atoms with Crippen molar-refractivity contribution in [1.29, 1.82) is 0 Å². The molecule has 1 aromatic rings. The number of hydrogen-bond acceptors (Lipinski definition) is 2. The molecule has 25 heavy (non-hydrogen) atoms. The molecule has 1 heterocycles. The van der Waals surface area contributed by atoms with Crippen molar-refractivity contribution in [1.82, 2.24) is 4.90 Å². The number of nitrogens with zero attached hydrogens (tertiary/aromatic N) is 1. The molecule has 7 heteroatoms. The van der Waals surface area contributed by atoms with Crippen LogP contribution in [0.25, 0.3) is 0 Å². The molecule has 1 atom stereocenters. The number of hydrogen-bond donors (Lipinski definition) is 1. The maximum absolute atomic E-state index is 12.8. The molecular weight excluding hydrogens is 353 g/mol. The van der Waals surface area contributed by atoms with Crippen LogP contribution < -0.4 is 5.73 Å². The van der Waals surface area contributed by atoms with Crippen molar-refractivity contribution < 1.29 is 18.0 Å². The second kappa shape index (κ2) is 7.54. The number of carbonyl (C=O) groups is 1. The summed E-state index contributed by atoms with van der Waals surface area (Å²) in [6, 6.07) is 5.52. The first-order chi connectivity index (χ1) is 11.3. The first-order valence-electron chi connectivity index (χ1n) is 8.52. The number of alkyl halides is 3. The molecule has 2 N–H and O–H groups in total. The van der Waals surface area contributed by atoms with Crippen molar-refractivity contribution in [3.05, 3.63) is 35.4 Å². The molecule has 1 amide bonds. The molecule has 1 aliphatic heterocycles. The average Bonchev–Trinajstić information content (AvgIpc) is 3.31. The Hall–Kier alpha value is -1.27. The van der Waals surface area contributed by atoms with E-state index in [1.54, 1.807) is 6.07 Å². The summed E-state index contributed by atoms with van der Waals surface area (Å²) >= 11 is 0. The lowest BCUT2D eigenvalue weighted by Crippen LogP contribution is -2.49. The van der Waals surface area contributed by atoms with Crippen molar-refractivity contribution >= 4 is 18.3 Å². The molecule has 1 aliphatic carbocycles. The van der Waals surface area contributed by atoms with Crippen LogP contribution in [0.2, 0.25) is 0 Å². The van der Waals surface area contributed by atoms with Crippen LogP contribution in [0, 0.1) is 5.92 Å². The van der Waals surface area contributed by atoms with E-state index in [0.717, 1.165) is 44.7 Å². The normalized spacial score (nSPS) is 22.2. The van der Waals surface area contributed by atoms with E-state index in [2.05, 4.69) is 0 Å². The highest BCUT2D eigenvalue weighted by Gasteiger charge is 2.48. The molecule has 2 fully saturated rings. The van der Waals surface area contributed by atoms with E-state index in [9.17, 15) is 18.0 Å². The Kier molecular flexibility index (Phi) is 6.05. The maximum Gasteiger partial charge on any atom is 0.416 e. The van der Waals surface area contributed by atoms with Crippen LogP contribution >= 0.6 is 12.4 Å². The van der Waals surface area contributed by atoms with Gasteiger partial charge in [0.2, 0.25) is 5.91 Å². The Bertz CT molecular complexity index is 617. The lowest BCUT2D eigenvalue weighted by Gasteiger charge is -2.34. The Morgan fingerprint density at radius 2 is 2.04 bits per heavy atom. The van der Waals surface area contributed by atoms with Gasteiger partial charge < -0.3 is 10.6 Å². The van der Waals surface area contributed by atoms with Gasteiger partial charge in [-0.25, -0.2) is 0 Å². The zero-order chi connectivity index (χ0) is 17.4. The minimum Gasteiger partial charge on any atom is -0.341 e. The zero-order valence-corrected chi connectivity index (χ0v) is 14.8. The summed E-state index contributed by atoms with van der Waals surface area (Å²) in [6.07, 6.45) is 0.570. The average molecular weight is 377 g/mol. The van der Waals surface area contributed by atoms with Gasteiger partial charge in [0.05, 0.1) is 11.1 Å². The second-order valence-electron chi connectivity index (χ2n) is 7.15. The van der Waals surface area contributed by atoms with E-state index in [4.69, 9.17) is 5.73 Å². The summed E-state index contributed by atoms with van der Waals surface area (Å²) < 4.78 is 38.3. The van der Waals surface area contributed by atoms with Gasteiger partial charge >= 0.3 is 6.18 Å². The third-order valence-electron chi connectivity index (χ3n) is 5.12. The molecule has 3 rings (SSSR count). The van der Waals surface area contributed by atoms with Crippen molar-refractivity contribution in [3.63, 3.8) is 0 Å². The minimum absolute atomic E-state index is 0. The smallest absolute Gasteiger partial charge is 0.341 e. The molecule has 1 saturated heterocycles. The molecular formula is C18H24ClF3N2O. The van der Waals surface area contributed by atoms with Crippen molar-refractivity contribution in [3.8, 4) is 0 Å². The van der Waals surface area contributed by atoms with E-state index < -0.39 is 17.3 Å². The van der Waals surface area contributed by atoms with Gasteiger partial charge in [-0.3, -0.25) is 4.79 Å². The third-order valence-corrected chi connectivity index (χ3v) is 5.12. The van der Waals surface area contributed by atoms with Crippen LogP contribution in [0.1, 0.15) is 43.2 Å². The fraction of sp³-hybridized carbons (Fsp3) is 0.611. The standard InChI is InChI=1S/C18H23F3N2O.ClH/c19-18(20,21)15-5-1-3-13(11-15)6-7-14-4-2-10-23(12-14)16(24)17(22)8-9-17;/h1,3,5,11,14H,2,4,6-10,12,22H2;1H. The van der Waals surface area contributed by atoms with Gasteiger partial charge in [0.25, 0.3) is 0 Å². The number of aryl methyl sites for hydroxylation is 1. The van der Waals surface area contributed by atoms with E-state index in [-0.39, 0.29) is 18.3 Å².